The van der Waals surface area contributed by atoms with E-state index in [1.165, 1.54) is 118 Å². The molecule has 14 rings (SSSR count). The standard InChI is InChI=1S/C52H38S/c1-2-11-36-32(10-1)20-23-43-37-22-21-33(29-46(37)52(50(36)43)34-25-30-24-31(27-34)28-35(52)26-30)48-39-13-3-5-15-41(39)49(42-16-6-4-14-40(42)48)45-18-9-17-44-38-12-7-8-19-47(38)53-51(44)45/h1-23,29-31,34-35H,24-28H2. The normalized spacial score (nSPS) is 23.9. The summed E-state index contributed by atoms with van der Waals surface area (Å²) in [5, 5.41) is 11.0. The number of thiophene rings is 1. The highest BCUT2D eigenvalue weighted by Gasteiger charge is 2.62. The van der Waals surface area contributed by atoms with Gasteiger partial charge >= 0.3 is 0 Å². The topological polar surface area (TPSA) is 0 Å². The van der Waals surface area contributed by atoms with Crippen molar-refractivity contribution in [2.45, 2.75) is 37.5 Å². The van der Waals surface area contributed by atoms with Crippen LogP contribution in [-0.2, 0) is 5.41 Å². The van der Waals surface area contributed by atoms with Gasteiger partial charge in [0.15, 0.2) is 0 Å². The molecule has 5 aliphatic carbocycles. The lowest BCUT2D eigenvalue weighted by atomic mass is 9.43. The first-order chi connectivity index (χ1) is 26.3. The summed E-state index contributed by atoms with van der Waals surface area (Å²) in [5.74, 6) is 3.27. The molecule has 0 saturated heterocycles. The summed E-state index contributed by atoms with van der Waals surface area (Å²) >= 11 is 1.93. The Morgan fingerprint density at radius 2 is 1.02 bits per heavy atom. The van der Waals surface area contributed by atoms with Crippen molar-refractivity contribution in [1.29, 1.82) is 0 Å². The van der Waals surface area contributed by atoms with Gasteiger partial charge in [-0.2, -0.15) is 0 Å². The minimum absolute atomic E-state index is 0.0946. The van der Waals surface area contributed by atoms with E-state index in [0.29, 0.717) is 0 Å². The van der Waals surface area contributed by atoms with Crippen molar-refractivity contribution < 1.29 is 0 Å². The van der Waals surface area contributed by atoms with Gasteiger partial charge < -0.3 is 0 Å². The van der Waals surface area contributed by atoms with E-state index in [4.69, 9.17) is 0 Å². The summed E-state index contributed by atoms with van der Waals surface area (Å²) < 4.78 is 2.73. The molecule has 4 saturated carbocycles. The van der Waals surface area contributed by atoms with Gasteiger partial charge in [-0.3, -0.25) is 0 Å². The second-order valence-corrected chi connectivity index (χ2v) is 17.8. The van der Waals surface area contributed by atoms with Crippen LogP contribution in [0.25, 0.3) is 85.9 Å². The Kier molecular flexibility index (Phi) is 5.77. The zero-order chi connectivity index (χ0) is 34.4. The van der Waals surface area contributed by atoms with Crippen molar-refractivity contribution in [3.8, 4) is 33.4 Å². The molecule has 9 aromatic rings. The van der Waals surface area contributed by atoms with Gasteiger partial charge in [0.05, 0.1) is 0 Å². The third-order valence-electron chi connectivity index (χ3n) is 14.4. The number of hydrogen-bond acceptors (Lipinski definition) is 1. The molecule has 0 aliphatic heterocycles. The maximum Gasteiger partial charge on any atom is 0.0434 e. The molecule has 4 fully saturated rings. The molecule has 1 aromatic heterocycles. The zero-order valence-corrected chi connectivity index (χ0v) is 30.4. The molecule has 4 bridgehead atoms. The number of fused-ring (bicyclic) bond motifs is 10. The molecule has 0 atom stereocenters. The Hall–Kier alpha value is -5.24. The van der Waals surface area contributed by atoms with Gasteiger partial charge in [0, 0.05) is 31.2 Å². The first-order valence-electron chi connectivity index (χ1n) is 19.8. The monoisotopic (exact) mass is 694 g/mol. The fraction of sp³-hybridized carbons (Fsp3) is 0.192. The van der Waals surface area contributed by atoms with Crippen molar-refractivity contribution in [2.75, 3.05) is 0 Å². The summed E-state index contributed by atoms with van der Waals surface area (Å²) in [7, 11) is 0. The summed E-state index contributed by atoms with van der Waals surface area (Å²) in [4.78, 5) is 0. The summed E-state index contributed by atoms with van der Waals surface area (Å²) in [5.41, 5.74) is 11.8. The van der Waals surface area contributed by atoms with E-state index in [1.54, 1.807) is 11.1 Å². The minimum Gasteiger partial charge on any atom is -0.135 e. The molecule has 53 heavy (non-hydrogen) atoms. The van der Waals surface area contributed by atoms with Crippen LogP contribution in [0.5, 0.6) is 0 Å². The van der Waals surface area contributed by atoms with Gasteiger partial charge in [-0.25, -0.2) is 0 Å². The van der Waals surface area contributed by atoms with Crippen LogP contribution in [0, 0.1) is 23.7 Å². The highest BCUT2D eigenvalue weighted by molar-refractivity contribution is 7.26. The van der Waals surface area contributed by atoms with Gasteiger partial charge in [-0.15, -0.1) is 11.3 Å². The lowest BCUT2D eigenvalue weighted by molar-refractivity contribution is -0.0393. The SMILES string of the molecule is c1ccc2c3c(ccc2c1)-c1ccc(-c2c4ccccc4c(-c4cccc5c4sc4ccccc45)c4ccccc24)cc1C31C2CC3CC(C2)CC1C3. The molecule has 5 aliphatic rings. The average molecular weight is 695 g/mol. The van der Waals surface area contributed by atoms with Crippen LogP contribution in [0.1, 0.15) is 43.2 Å². The molecule has 0 unspecified atom stereocenters. The van der Waals surface area contributed by atoms with E-state index in [0.717, 1.165) is 23.7 Å². The Morgan fingerprint density at radius 3 is 1.74 bits per heavy atom. The molecular formula is C52H38S. The first-order valence-corrected chi connectivity index (χ1v) is 20.6. The predicted octanol–water partition coefficient (Wildman–Crippen LogP) is 14.6. The molecule has 8 aromatic carbocycles. The van der Waals surface area contributed by atoms with Crippen molar-refractivity contribution in [3.05, 3.63) is 157 Å². The fourth-order valence-electron chi connectivity index (χ4n) is 12.8. The summed E-state index contributed by atoms with van der Waals surface area (Å²) in [6, 6.07) is 56.2. The van der Waals surface area contributed by atoms with Crippen molar-refractivity contribution in [2.24, 2.45) is 23.7 Å². The molecule has 1 spiro atoms. The molecule has 0 N–H and O–H groups in total. The zero-order valence-electron chi connectivity index (χ0n) is 29.6. The Bertz CT molecular complexity index is 2940. The van der Waals surface area contributed by atoms with Crippen LogP contribution in [-0.4, -0.2) is 0 Å². The van der Waals surface area contributed by atoms with Gasteiger partial charge in [-0.05, 0) is 139 Å². The average Bonchev–Trinajstić information content (AvgIpc) is 3.73. The minimum atomic E-state index is 0.0946. The van der Waals surface area contributed by atoms with Crippen LogP contribution >= 0.6 is 11.3 Å². The molecule has 1 heteroatoms. The number of hydrogen-bond donors (Lipinski definition) is 0. The smallest absolute Gasteiger partial charge is 0.0434 e. The van der Waals surface area contributed by atoms with Crippen LogP contribution in [0.4, 0.5) is 0 Å². The van der Waals surface area contributed by atoms with E-state index in [-0.39, 0.29) is 5.41 Å². The molecular weight excluding hydrogens is 657 g/mol. The van der Waals surface area contributed by atoms with Crippen LogP contribution in [0.2, 0.25) is 0 Å². The van der Waals surface area contributed by atoms with E-state index < -0.39 is 0 Å². The lowest BCUT2D eigenvalue weighted by Gasteiger charge is -2.61. The molecule has 1 heterocycles. The Labute approximate surface area is 313 Å². The number of benzene rings is 8. The fourth-order valence-corrected chi connectivity index (χ4v) is 14.0. The molecule has 0 amide bonds. The van der Waals surface area contributed by atoms with Crippen molar-refractivity contribution in [1.82, 2.24) is 0 Å². The number of rotatable bonds is 2. The highest BCUT2D eigenvalue weighted by atomic mass is 32.1. The van der Waals surface area contributed by atoms with E-state index in [2.05, 4.69) is 146 Å². The molecule has 0 nitrogen and oxygen atoms in total. The quantitative estimate of drug-likeness (QED) is 0.158. The van der Waals surface area contributed by atoms with Gasteiger partial charge in [-0.1, -0.05) is 133 Å². The van der Waals surface area contributed by atoms with Crippen molar-refractivity contribution >= 4 is 63.8 Å². The Balaban J connectivity index is 1.10. The van der Waals surface area contributed by atoms with Gasteiger partial charge in [0.2, 0.25) is 0 Å². The predicted molar refractivity (Wildman–Crippen MR) is 226 cm³/mol. The van der Waals surface area contributed by atoms with E-state index in [1.807, 2.05) is 11.3 Å². The third kappa shape index (κ3) is 3.72. The van der Waals surface area contributed by atoms with Gasteiger partial charge in [0.25, 0.3) is 0 Å². The van der Waals surface area contributed by atoms with Crippen molar-refractivity contribution in [3.63, 3.8) is 0 Å². The van der Waals surface area contributed by atoms with Crippen LogP contribution in [0.3, 0.4) is 0 Å². The van der Waals surface area contributed by atoms with Crippen LogP contribution in [0.15, 0.2) is 146 Å². The lowest BCUT2D eigenvalue weighted by Crippen LogP contribution is -2.55. The maximum absolute atomic E-state index is 2.70. The summed E-state index contributed by atoms with van der Waals surface area (Å²) in [6.07, 6.45) is 7.04. The summed E-state index contributed by atoms with van der Waals surface area (Å²) in [6.45, 7) is 0. The van der Waals surface area contributed by atoms with E-state index in [9.17, 15) is 0 Å². The Morgan fingerprint density at radius 1 is 0.434 bits per heavy atom. The first kappa shape index (κ1) is 29.2. The molecule has 0 radical (unpaired) electrons. The highest BCUT2D eigenvalue weighted by Crippen LogP contribution is 2.70. The second kappa shape index (κ2) is 10.5. The van der Waals surface area contributed by atoms with Crippen LogP contribution < -0.4 is 0 Å². The molecule has 252 valence electrons. The maximum atomic E-state index is 2.70. The second-order valence-electron chi connectivity index (χ2n) is 16.8. The van der Waals surface area contributed by atoms with Gasteiger partial charge in [0.1, 0.15) is 0 Å². The van der Waals surface area contributed by atoms with E-state index >= 15 is 0 Å². The third-order valence-corrected chi connectivity index (χ3v) is 15.6. The largest absolute Gasteiger partial charge is 0.135 e.